The number of benzene rings is 1. The van der Waals surface area contributed by atoms with Crippen molar-refractivity contribution in [2.75, 3.05) is 0 Å². The van der Waals surface area contributed by atoms with Crippen molar-refractivity contribution in [2.45, 2.75) is 26.4 Å². The molecule has 11 heteroatoms. The average Bonchev–Trinajstić information content (AvgIpc) is 3.37. The zero-order chi connectivity index (χ0) is 21.8. The highest BCUT2D eigenvalue weighted by Gasteiger charge is 2.17. The van der Waals surface area contributed by atoms with Gasteiger partial charge in [-0.1, -0.05) is 6.07 Å². The molecule has 1 aromatic carbocycles. The molecule has 0 bridgehead atoms. The monoisotopic (exact) mass is 407 g/mol. The van der Waals surface area contributed by atoms with Crippen molar-refractivity contribution in [3.63, 3.8) is 0 Å². The number of Topliss-reactive ketones (excluding diaryl/α,β-unsaturated/α-hetero) is 1. The van der Waals surface area contributed by atoms with Crippen LogP contribution in [0.3, 0.4) is 0 Å². The number of aromatic nitrogens is 4. The first-order valence-corrected chi connectivity index (χ1v) is 8.88. The molecule has 3 rings (SSSR count). The van der Waals surface area contributed by atoms with Crippen LogP contribution >= 0.6 is 0 Å². The largest absolute Gasteiger partial charge is 0.346 e. The topological polar surface area (TPSA) is 160 Å². The van der Waals surface area contributed by atoms with E-state index in [4.69, 9.17) is 5.26 Å². The van der Waals surface area contributed by atoms with E-state index < -0.39 is 10.8 Å². The molecule has 2 N–H and O–H groups in total. The predicted molar refractivity (Wildman–Crippen MR) is 105 cm³/mol. The molecule has 0 radical (unpaired) electrons. The molecule has 152 valence electrons. The Bertz CT molecular complexity index is 1170. The van der Waals surface area contributed by atoms with Crippen LogP contribution in [0.2, 0.25) is 0 Å². The van der Waals surface area contributed by atoms with Crippen LogP contribution in [0.5, 0.6) is 0 Å². The van der Waals surface area contributed by atoms with E-state index in [1.165, 1.54) is 25.1 Å². The lowest BCUT2D eigenvalue weighted by molar-refractivity contribution is -0.385. The molecule has 2 heterocycles. The first kappa shape index (κ1) is 20.4. The van der Waals surface area contributed by atoms with Gasteiger partial charge >= 0.3 is 0 Å². The van der Waals surface area contributed by atoms with E-state index in [9.17, 15) is 19.7 Å². The van der Waals surface area contributed by atoms with Crippen molar-refractivity contribution in [1.82, 2.24) is 25.3 Å². The van der Waals surface area contributed by atoms with E-state index in [2.05, 4.69) is 20.6 Å². The molecule has 0 saturated heterocycles. The third-order valence-corrected chi connectivity index (χ3v) is 4.27. The Morgan fingerprint density at radius 3 is 2.77 bits per heavy atom. The summed E-state index contributed by atoms with van der Waals surface area (Å²) in [4.78, 5) is 34.1. The number of carbonyl (C=O) groups is 2. The number of carbonyl (C=O) groups excluding carboxylic acids is 2. The number of nitriles is 1. The number of hydrogen-bond donors (Lipinski definition) is 2. The molecule has 3 aromatic rings. The summed E-state index contributed by atoms with van der Waals surface area (Å²) in [5, 5.41) is 33.6. The van der Waals surface area contributed by atoms with Crippen LogP contribution in [-0.2, 0) is 6.54 Å². The highest BCUT2D eigenvalue weighted by molar-refractivity contribution is 5.97. The highest BCUT2D eigenvalue weighted by Crippen LogP contribution is 2.25. The number of rotatable bonds is 7. The quantitative estimate of drug-likeness (QED) is 0.344. The van der Waals surface area contributed by atoms with Gasteiger partial charge in [0.2, 0.25) is 0 Å². The van der Waals surface area contributed by atoms with E-state index in [-0.39, 0.29) is 34.5 Å². The summed E-state index contributed by atoms with van der Waals surface area (Å²) in [6, 6.07) is 8.85. The second-order valence-corrected chi connectivity index (χ2v) is 6.62. The number of nitrogens with one attached hydrogen (secondary N) is 2. The minimum absolute atomic E-state index is 0.0220. The predicted octanol–water partition coefficient (Wildman–Crippen LogP) is 2.07. The molecule has 0 aliphatic heterocycles. The van der Waals surface area contributed by atoms with Gasteiger partial charge in [0.25, 0.3) is 11.6 Å². The standard InChI is InChI=1S/C19H17N7O4/c1-11(21-19(28)17-8-16(12(2)27)22-23-17)10-25-6-5-15(24-25)13-3-4-14(9-20)18(7-13)26(29)30/h3-8,11H,10H2,1-2H3,(H,21,28)(H,22,23). The van der Waals surface area contributed by atoms with Crippen LogP contribution in [0, 0.1) is 21.4 Å². The lowest BCUT2D eigenvalue weighted by atomic mass is 10.1. The summed E-state index contributed by atoms with van der Waals surface area (Å²) in [6.07, 6.45) is 1.69. The summed E-state index contributed by atoms with van der Waals surface area (Å²) in [7, 11) is 0. The van der Waals surface area contributed by atoms with Gasteiger partial charge in [-0.15, -0.1) is 0 Å². The SMILES string of the molecule is CC(=O)c1cc(C(=O)NC(C)Cn2ccc(-c3ccc(C#N)c([N+](=O)[O-])c3)n2)[nH]n1. The maximum Gasteiger partial charge on any atom is 0.287 e. The molecule has 0 fully saturated rings. The van der Waals surface area contributed by atoms with Gasteiger partial charge in [0.15, 0.2) is 5.78 Å². The van der Waals surface area contributed by atoms with Crippen molar-refractivity contribution in [2.24, 2.45) is 0 Å². The summed E-state index contributed by atoms with van der Waals surface area (Å²) in [5.74, 6) is -0.650. The fourth-order valence-corrected chi connectivity index (χ4v) is 2.80. The number of nitro groups is 1. The first-order chi connectivity index (χ1) is 14.3. The number of nitro benzene ring substituents is 1. The molecule has 0 spiro atoms. The number of H-pyrrole nitrogens is 1. The summed E-state index contributed by atoms with van der Waals surface area (Å²) >= 11 is 0. The molecule has 1 amide bonds. The van der Waals surface area contributed by atoms with E-state index >= 15 is 0 Å². The Kier molecular flexibility index (Phi) is 5.68. The Hall–Kier alpha value is -4.33. The van der Waals surface area contributed by atoms with Crippen LogP contribution in [0.4, 0.5) is 5.69 Å². The Morgan fingerprint density at radius 1 is 1.37 bits per heavy atom. The molecule has 11 nitrogen and oxygen atoms in total. The van der Waals surface area contributed by atoms with E-state index in [0.29, 0.717) is 17.8 Å². The number of nitrogens with zero attached hydrogens (tertiary/aromatic N) is 5. The van der Waals surface area contributed by atoms with Crippen molar-refractivity contribution < 1.29 is 14.5 Å². The van der Waals surface area contributed by atoms with E-state index in [1.807, 2.05) is 0 Å². The molecule has 0 aliphatic rings. The number of hydrogen-bond acceptors (Lipinski definition) is 7. The minimum Gasteiger partial charge on any atom is -0.346 e. The van der Waals surface area contributed by atoms with Gasteiger partial charge in [0.05, 0.1) is 17.2 Å². The maximum atomic E-state index is 12.3. The van der Waals surface area contributed by atoms with Crippen molar-refractivity contribution in [3.8, 4) is 17.3 Å². The van der Waals surface area contributed by atoms with Crippen molar-refractivity contribution in [3.05, 3.63) is 63.6 Å². The fourth-order valence-electron chi connectivity index (χ4n) is 2.80. The fraction of sp³-hybridized carbons (Fsp3) is 0.211. The van der Waals surface area contributed by atoms with Gasteiger partial charge in [-0.05, 0) is 25.1 Å². The van der Waals surface area contributed by atoms with Crippen LogP contribution in [0.25, 0.3) is 11.3 Å². The summed E-state index contributed by atoms with van der Waals surface area (Å²) < 4.78 is 1.60. The maximum absolute atomic E-state index is 12.3. The normalized spacial score (nSPS) is 11.5. The molecule has 30 heavy (non-hydrogen) atoms. The van der Waals surface area contributed by atoms with Crippen LogP contribution in [-0.4, -0.2) is 42.6 Å². The molecular formula is C19H17N7O4. The van der Waals surface area contributed by atoms with Gasteiger partial charge < -0.3 is 5.32 Å². The minimum atomic E-state index is -0.608. The second-order valence-electron chi connectivity index (χ2n) is 6.62. The van der Waals surface area contributed by atoms with Gasteiger partial charge in [-0.25, -0.2) is 0 Å². The van der Waals surface area contributed by atoms with Crippen molar-refractivity contribution in [1.29, 1.82) is 5.26 Å². The Morgan fingerprint density at radius 2 is 2.13 bits per heavy atom. The van der Waals surface area contributed by atoms with Gasteiger partial charge in [-0.2, -0.15) is 15.5 Å². The zero-order valence-corrected chi connectivity index (χ0v) is 16.1. The average molecular weight is 407 g/mol. The summed E-state index contributed by atoms with van der Waals surface area (Å²) in [6.45, 7) is 3.49. The van der Waals surface area contributed by atoms with Crippen molar-refractivity contribution >= 4 is 17.4 Å². The molecular weight excluding hydrogens is 390 g/mol. The smallest absolute Gasteiger partial charge is 0.287 e. The number of amides is 1. The number of aromatic amines is 1. The Balaban J connectivity index is 1.68. The molecule has 1 atom stereocenters. The van der Waals surface area contributed by atoms with E-state index in [1.54, 1.807) is 36.0 Å². The second kappa shape index (κ2) is 8.36. The van der Waals surface area contributed by atoms with Gasteiger partial charge in [-0.3, -0.25) is 29.5 Å². The zero-order valence-electron chi connectivity index (χ0n) is 16.1. The molecule has 2 aromatic heterocycles. The number of ketones is 1. The molecule has 1 unspecified atom stereocenters. The highest BCUT2D eigenvalue weighted by atomic mass is 16.6. The van der Waals surface area contributed by atoms with Crippen LogP contribution in [0.15, 0.2) is 36.5 Å². The summed E-state index contributed by atoms with van der Waals surface area (Å²) in [5.41, 5.74) is 1.06. The molecule has 0 saturated carbocycles. The lowest BCUT2D eigenvalue weighted by Gasteiger charge is -2.13. The van der Waals surface area contributed by atoms with Gasteiger partial charge in [0, 0.05) is 30.8 Å². The van der Waals surface area contributed by atoms with E-state index in [0.717, 1.165) is 0 Å². The van der Waals surface area contributed by atoms with Gasteiger partial charge in [0.1, 0.15) is 23.0 Å². The third-order valence-electron chi connectivity index (χ3n) is 4.27. The van der Waals surface area contributed by atoms with Crippen LogP contribution in [0.1, 0.15) is 40.4 Å². The van der Waals surface area contributed by atoms with Crippen LogP contribution < -0.4 is 5.32 Å². The third kappa shape index (κ3) is 4.39. The molecule has 0 aliphatic carbocycles. The first-order valence-electron chi connectivity index (χ1n) is 8.88. The lowest BCUT2D eigenvalue weighted by Crippen LogP contribution is -2.36. The Labute approximate surface area is 170 Å².